The second kappa shape index (κ2) is 8.11. The van der Waals surface area contributed by atoms with Gasteiger partial charge in [0.25, 0.3) is 0 Å². The number of nitrogens with zero attached hydrogens (tertiary/aromatic N) is 2. The Bertz CT molecular complexity index is 595. The highest BCUT2D eigenvalue weighted by Crippen LogP contribution is 2.29. The van der Waals surface area contributed by atoms with Crippen LogP contribution in [0.15, 0.2) is 24.3 Å². The fraction of sp³-hybridized carbons (Fsp3) is 0.467. The Morgan fingerprint density at radius 2 is 2.14 bits per heavy atom. The van der Waals surface area contributed by atoms with Gasteiger partial charge < -0.3 is 10.2 Å². The minimum atomic E-state index is 0. The summed E-state index contributed by atoms with van der Waals surface area (Å²) in [6.07, 6.45) is 0.940. The van der Waals surface area contributed by atoms with Gasteiger partial charge in [0.2, 0.25) is 5.91 Å². The molecule has 1 aromatic carbocycles. The number of thiazole rings is 1. The van der Waals surface area contributed by atoms with Crippen molar-refractivity contribution in [2.45, 2.75) is 19.4 Å². The first-order valence-corrected chi connectivity index (χ1v) is 7.81. The van der Waals surface area contributed by atoms with Crippen molar-refractivity contribution in [1.29, 1.82) is 0 Å². The molecule has 1 N–H and O–H groups in total. The molecule has 1 aromatic heterocycles. The Balaban J connectivity index is 0.00000121. The SMILES string of the molecule is CC(c1nc2ccccc2s1)N(C)C(=O)C1CCNC1.Cl.Cl. The molecule has 1 fully saturated rings. The van der Waals surface area contributed by atoms with E-state index in [-0.39, 0.29) is 42.7 Å². The molecule has 1 aliphatic heterocycles. The normalized spacial score (nSPS) is 18.4. The summed E-state index contributed by atoms with van der Waals surface area (Å²) in [4.78, 5) is 18.9. The number of para-hydroxylation sites is 1. The van der Waals surface area contributed by atoms with E-state index in [0.717, 1.165) is 30.0 Å². The smallest absolute Gasteiger partial charge is 0.227 e. The van der Waals surface area contributed by atoms with E-state index in [1.807, 2.05) is 30.1 Å². The summed E-state index contributed by atoms with van der Waals surface area (Å²) < 4.78 is 1.18. The number of fused-ring (bicyclic) bond motifs is 1. The van der Waals surface area contributed by atoms with Crippen molar-refractivity contribution in [3.05, 3.63) is 29.3 Å². The Morgan fingerprint density at radius 3 is 2.77 bits per heavy atom. The van der Waals surface area contributed by atoms with E-state index < -0.39 is 0 Å². The molecule has 4 nitrogen and oxygen atoms in total. The first-order valence-electron chi connectivity index (χ1n) is 6.99. The van der Waals surface area contributed by atoms with E-state index in [1.54, 1.807) is 11.3 Å². The van der Waals surface area contributed by atoms with Crippen molar-refractivity contribution in [2.24, 2.45) is 5.92 Å². The summed E-state index contributed by atoms with van der Waals surface area (Å²) in [6.45, 7) is 3.80. The zero-order valence-electron chi connectivity index (χ0n) is 12.6. The molecule has 0 bridgehead atoms. The predicted molar refractivity (Wildman–Crippen MR) is 96.3 cm³/mol. The van der Waals surface area contributed by atoms with Gasteiger partial charge >= 0.3 is 0 Å². The van der Waals surface area contributed by atoms with Crippen LogP contribution in [0.5, 0.6) is 0 Å². The number of carbonyl (C=O) groups excluding carboxylic acids is 1. The van der Waals surface area contributed by atoms with Crippen LogP contribution in [0.1, 0.15) is 24.4 Å². The van der Waals surface area contributed by atoms with Crippen molar-refractivity contribution >= 4 is 52.3 Å². The number of rotatable bonds is 3. The number of halogens is 2. The highest BCUT2D eigenvalue weighted by molar-refractivity contribution is 7.18. The van der Waals surface area contributed by atoms with E-state index >= 15 is 0 Å². The first kappa shape index (κ1) is 19.2. The molecular formula is C15H21Cl2N3OS. The van der Waals surface area contributed by atoms with Crippen LogP contribution in [0.4, 0.5) is 0 Å². The van der Waals surface area contributed by atoms with Crippen LogP contribution in [0.25, 0.3) is 10.2 Å². The topological polar surface area (TPSA) is 45.2 Å². The molecule has 1 saturated heterocycles. The molecule has 2 aromatic rings. The van der Waals surface area contributed by atoms with Crippen LogP contribution >= 0.6 is 36.2 Å². The summed E-state index contributed by atoms with van der Waals surface area (Å²) in [5.41, 5.74) is 1.02. The second-order valence-corrected chi connectivity index (χ2v) is 6.40. The molecule has 2 atom stereocenters. The summed E-state index contributed by atoms with van der Waals surface area (Å²) in [5.74, 6) is 0.346. The number of carbonyl (C=O) groups is 1. The highest BCUT2D eigenvalue weighted by Gasteiger charge is 2.29. The third-order valence-electron chi connectivity index (χ3n) is 4.01. The van der Waals surface area contributed by atoms with Gasteiger partial charge in [0.15, 0.2) is 0 Å². The van der Waals surface area contributed by atoms with E-state index in [1.165, 1.54) is 4.70 Å². The van der Waals surface area contributed by atoms with Crippen LogP contribution in [-0.4, -0.2) is 35.9 Å². The van der Waals surface area contributed by atoms with E-state index in [0.29, 0.717) is 0 Å². The number of hydrogen-bond acceptors (Lipinski definition) is 4. The van der Waals surface area contributed by atoms with Gasteiger partial charge in [-0.1, -0.05) is 12.1 Å². The van der Waals surface area contributed by atoms with Crippen LogP contribution in [0.2, 0.25) is 0 Å². The molecule has 22 heavy (non-hydrogen) atoms. The van der Waals surface area contributed by atoms with Crippen molar-refractivity contribution in [1.82, 2.24) is 15.2 Å². The molecule has 3 rings (SSSR count). The summed E-state index contributed by atoms with van der Waals surface area (Å²) in [7, 11) is 1.89. The molecule has 122 valence electrons. The first-order chi connectivity index (χ1) is 9.66. The lowest BCUT2D eigenvalue weighted by atomic mass is 10.1. The number of amides is 1. The van der Waals surface area contributed by atoms with Crippen molar-refractivity contribution in [3.8, 4) is 0 Å². The van der Waals surface area contributed by atoms with Gasteiger partial charge in [-0.05, 0) is 32.0 Å². The number of hydrogen-bond donors (Lipinski definition) is 1. The highest BCUT2D eigenvalue weighted by atomic mass is 35.5. The molecule has 7 heteroatoms. The van der Waals surface area contributed by atoms with Crippen LogP contribution < -0.4 is 5.32 Å². The molecule has 0 saturated carbocycles. The third kappa shape index (κ3) is 3.71. The molecule has 1 aliphatic rings. The lowest BCUT2D eigenvalue weighted by molar-refractivity contribution is -0.135. The zero-order chi connectivity index (χ0) is 14.1. The molecule has 0 spiro atoms. The number of benzene rings is 1. The second-order valence-electron chi connectivity index (χ2n) is 5.33. The zero-order valence-corrected chi connectivity index (χ0v) is 15.1. The van der Waals surface area contributed by atoms with Gasteiger partial charge in [0.05, 0.1) is 22.2 Å². The quantitative estimate of drug-likeness (QED) is 0.912. The maximum absolute atomic E-state index is 12.4. The van der Waals surface area contributed by atoms with Gasteiger partial charge in [-0.15, -0.1) is 36.2 Å². The molecular weight excluding hydrogens is 341 g/mol. The lowest BCUT2D eigenvalue weighted by Crippen LogP contribution is -2.35. The molecule has 2 unspecified atom stereocenters. The molecule has 0 aliphatic carbocycles. The van der Waals surface area contributed by atoms with Crippen LogP contribution in [0, 0.1) is 5.92 Å². The Morgan fingerprint density at radius 1 is 1.41 bits per heavy atom. The summed E-state index contributed by atoms with van der Waals surface area (Å²) in [6, 6.07) is 8.14. The average Bonchev–Trinajstić information content (AvgIpc) is 3.13. The fourth-order valence-corrected chi connectivity index (χ4v) is 3.64. The minimum absolute atomic E-state index is 0. The van der Waals surface area contributed by atoms with Crippen LogP contribution in [-0.2, 0) is 4.79 Å². The van der Waals surface area contributed by atoms with Gasteiger partial charge in [0.1, 0.15) is 5.01 Å². The number of nitrogens with one attached hydrogen (secondary N) is 1. The standard InChI is InChI=1S/C15H19N3OS.2ClH/c1-10(18(2)15(19)11-7-8-16-9-11)14-17-12-5-3-4-6-13(12)20-14;;/h3-6,10-11,16H,7-9H2,1-2H3;2*1H. The van der Waals surface area contributed by atoms with Gasteiger partial charge in [-0.2, -0.15) is 0 Å². The molecule has 2 heterocycles. The van der Waals surface area contributed by atoms with Crippen LogP contribution in [0.3, 0.4) is 0 Å². The predicted octanol–water partition coefficient (Wildman–Crippen LogP) is 3.27. The van der Waals surface area contributed by atoms with E-state index in [9.17, 15) is 4.79 Å². The Labute approximate surface area is 147 Å². The van der Waals surface area contributed by atoms with Crippen molar-refractivity contribution < 1.29 is 4.79 Å². The summed E-state index contributed by atoms with van der Waals surface area (Å²) in [5, 5.41) is 4.26. The fourth-order valence-electron chi connectivity index (χ4n) is 2.58. The maximum Gasteiger partial charge on any atom is 0.227 e. The van der Waals surface area contributed by atoms with E-state index in [4.69, 9.17) is 0 Å². The molecule has 0 radical (unpaired) electrons. The van der Waals surface area contributed by atoms with Gasteiger partial charge in [-0.25, -0.2) is 4.98 Å². The minimum Gasteiger partial charge on any atom is -0.336 e. The summed E-state index contributed by atoms with van der Waals surface area (Å²) >= 11 is 1.67. The molecule has 1 amide bonds. The van der Waals surface area contributed by atoms with E-state index in [2.05, 4.69) is 23.3 Å². The van der Waals surface area contributed by atoms with Gasteiger partial charge in [-0.3, -0.25) is 4.79 Å². The largest absolute Gasteiger partial charge is 0.336 e. The lowest BCUT2D eigenvalue weighted by Gasteiger charge is -2.25. The Kier molecular flexibility index (Phi) is 7.06. The maximum atomic E-state index is 12.4. The van der Waals surface area contributed by atoms with Crippen molar-refractivity contribution in [3.63, 3.8) is 0 Å². The monoisotopic (exact) mass is 361 g/mol. The van der Waals surface area contributed by atoms with Crippen molar-refractivity contribution in [2.75, 3.05) is 20.1 Å². The Hall–Kier alpha value is -0.880. The number of aromatic nitrogens is 1. The van der Waals surface area contributed by atoms with Gasteiger partial charge in [0, 0.05) is 13.6 Å². The average molecular weight is 362 g/mol. The third-order valence-corrected chi connectivity index (χ3v) is 5.21.